The summed E-state index contributed by atoms with van der Waals surface area (Å²) < 4.78 is 5.85. The topological polar surface area (TPSA) is 65.7 Å². The number of nitrogens with one attached hydrogen (secondary N) is 2. The number of oxazole rings is 1. The molecule has 2 heterocycles. The first-order valence-corrected chi connectivity index (χ1v) is 10.7. The summed E-state index contributed by atoms with van der Waals surface area (Å²) in [6.07, 6.45) is 4.47. The molecule has 3 rings (SSSR count). The van der Waals surface area contributed by atoms with Crippen LogP contribution in [0.4, 0.5) is 0 Å². The third kappa shape index (κ3) is 6.60. The summed E-state index contributed by atoms with van der Waals surface area (Å²) in [4.78, 5) is 11.6. The molecule has 0 radical (unpaired) electrons. The van der Waals surface area contributed by atoms with Gasteiger partial charge in [0.2, 0.25) is 5.89 Å². The second-order valence-corrected chi connectivity index (χ2v) is 8.72. The monoisotopic (exact) mass is 397 g/mol. The van der Waals surface area contributed by atoms with E-state index in [4.69, 9.17) is 9.41 Å². The third-order valence-corrected chi connectivity index (χ3v) is 5.09. The smallest absolute Gasteiger partial charge is 0.213 e. The molecule has 0 amide bonds. The molecule has 1 aromatic carbocycles. The van der Waals surface area contributed by atoms with E-state index in [9.17, 15) is 0 Å². The van der Waals surface area contributed by atoms with Crippen LogP contribution in [0, 0.1) is 0 Å². The molecule has 2 aromatic rings. The van der Waals surface area contributed by atoms with Gasteiger partial charge in [-0.3, -0.25) is 4.90 Å². The Labute approximate surface area is 174 Å². The zero-order valence-corrected chi connectivity index (χ0v) is 18.3. The molecule has 1 fully saturated rings. The normalized spacial score (nSPS) is 15.7. The molecule has 0 saturated carbocycles. The summed E-state index contributed by atoms with van der Waals surface area (Å²) in [7, 11) is 0. The Morgan fingerprint density at radius 2 is 1.79 bits per heavy atom. The summed E-state index contributed by atoms with van der Waals surface area (Å²) >= 11 is 0. The van der Waals surface area contributed by atoms with E-state index < -0.39 is 0 Å². The highest BCUT2D eigenvalue weighted by molar-refractivity contribution is 5.79. The Bertz CT molecular complexity index is 782. The summed E-state index contributed by atoms with van der Waals surface area (Å²) in [6, 6.07) is 8.82. The predicted molar refractivity (Wildman–Crippen MR) is 118 cm³/mol. The van der Waals surface area contributed by atoms with Crippen LogP contribution < -0.4 is 10.6 Å². The molecule has 0 spiro atoms. The van der Waals surface area contributed by atoms with Gasteiger partial charge in [0.15, 0.2) is 5.96 Å². The number of hydrogen-bond donors (Lipinski definition) is 2. The van der Waals surface area contributed by atoms with E-state index in [1.165, 1.54) is 37.1 Å². The molecule has 6 nitrogen and oxygen atoms in total. The fourth-order valence-electron chi connectivity index (χ4n) is 3.36. The van der Waals surface area contributed by atoms with E-state index in [0.717, 1.165) is 24.8 Å². The average Bonchev–Trinajstić information content (AvgIpc) is 3.37. The lowest BCUT2D eigenvalue weighted by atomic mass is 9.94. The molecular formula is C23H35N5O. The minimum Gasteiger partial charge on any atom is -0.443 e. The van der Waals surface area contributed by atoms with Gasteiger partial charge < -0.3 is 15.1 Å². The van der Waals surface area contributed by atoms with Crippen LogP contribution in [0.5, 0.6) is 0 Å². The number of benzene rings is 1. The molecule has 0 aliphatic carbocycles. The van der Waals surface area contributed by atoms with Crippen molar-refractivity contribution in [1.82, 2.24) is 20.5 Å². The highest BCUT2D eigenvalue weighted by Gasteiger charge is 2.19. The number of nitrogens with zero attached hydrogens (tertiary/aromatic N) is 3. The van der Waals surface area contributed by atoms with E-state index in [1.54, 1.807) is 0 Å². The Balaban J connectivity index is 1.53. The van der Waals surface area contributed by atoms with Crippen molar-refractivity contribution in [2.24, 2.45) is 4.99 Å². The Kier molecular flexibility index (Phi) is 7.31. The zero-order valence-electron chi connectivity index (χ0n) is 18.3. The van der Waals surface area contributed by atoms with Gasteiger partial charge in [-0.05, 0) is 44.0 Å². The highest BCUT2D eigenvalue weighted by atomic mass is 16.4. The first kappa shape index (κ1) is 21.4. The minimum atomic E-state index is -0.0369. The van der Waals surface area contributed by atoms with Gasteiger partial charge in [0, 0.05) is 18.5 Å². The van der Waals surface area contributed by atoms with Crippen LogP contribution in [0.1, 0.15) is 63.3 Å². The first-order valence-electron chi connectivity index (χ1n) is 10.7. The number of likely N-dealkylation sites (tertiary alicyclic amines) is 1. The van der Waals surface area contributed by atoms with Crippen LogP contribution in [-0.4, -0.2) is 35.5 Å². The van der Waals surface area contributed by atoms with Crippen LogP contribution >= 0.6 is 0 Å². The van der Waals surface area contributed by atoms with Crippen molar-refractivity contribution in [3.8, 4) is 0 Å². The lowest BCUT2D eigenvalue weighted by molar-refractivity contribution is 0.331. The molecular weight excluding hydrogens is 362 g/mol. The van der Waals surface area contributed by atoms with E-state index in [-0.39, 0.29) is 5.41 Å². The maximum atomic E-state index is 5.85. The van der Waals surface area contributed by atoms with Gasteiger partial charge in [0.05, 0.1) is 19.3 Å². The molecule has 1 aromatic heterocycles. The van der Waals surface area contributed by atoms with Crippen molar-refractivity contribution in [3.63, 3.8) is 0 Å². The van der Waals surface area contributed by atoms with E-state index in [0.29, 0.717) is 19.0 Å². The van der Waals surface area contributed by atoms with Gasteiger partial charge in [0.25, 0.3) is 0 Å². The van der Waals surface area contributed by atoms with Gasteiger partial charge in [-0.2, -0.15) is 0 Å². The first-order chi connectivity index (χ1) is 13.9. The molecule has 0 atom stereocenters. The number of hydrogen-bond acceptors (Lipinski definition) is 4. The SMILES string of the molecule is CCNC(=NCc1ccc(CN2CCCC2)cc1)NCc1ncc(C(C)(C)C)o1. The fraction of sp³-hybridized carbons (Fsp3) is 0.565. The minimum absolute atomic E-state index is 0.0369. The van der Waals surface area contributed by atoms with Gasteiger partial charge >= 0.3 is 0 Å². The molecule has 29 heavy (non-hydrogen) atoms. The molecule has 158 valence electrons. The van der Waals surface area contributed by atoms with E-state index in [1.807, 2.05) is 6.20 Å². The molecule has 1 aliphatic rings. The van der Waals surface area contributed by atoms with Gasteiger partial charge in [0.1, 0.15) is 5.76 Å². The van der Waals surface area contributed by atoms with Crippen LogP contribution in [0.15, 0.2) is 39.9 Å². The van der Waals surface area contributed by atoms with Gasteiger partial charge in [-0.15, -0.1) is 0 Å². The van der Waals surface area contributed by atoms with E-state index in [2.05, 4.69) is 72.5 Å². The Morgan fingerprint density at radius 3 is 2.41 bits per heavy atom. The summed E-state index contributed by atoms with van der Waals surface area (Å²) in [5, 5.41) is 6.59. The summed E-state index contributed by atoms with van der Waals surface area (Å²) in [5.41, 5.74) is 2.55. The number of rotatable bonds is 7. The van der Waals surface area contributed by atoms with Crippen molar-refractivity contribution in [1.29, 1.82) is 0 Å². The van der Waals surface area contributed by atoms with Crippen molar-refractivity contribution >= 4 is 5.96 Å². The van der Waals surface area contributed by atoms with Crippen molar-refractivity contribution in [3.05, 3.63) is 53.2 Å². The van der Waals surface area contributed by atoms with Crippen LogP contribution in [0.2, 0.25) is 0 Å². The lowest BCUT2D eigenvalue weighted by Crippen LogP contribution is -2.36. The second kappa shape index (κ2) is 9.92. The Hall–Kier alpha value is -2.34. The number of aromatic nitrogens is 1. The van der Waals surface area contributed by atoms with Crippen molar-refractivity contribution in [2.45, 2.75) is 65.6 Å². The standard InChI is InChI=1S/C23H35N5O/c1-5-24-22(27-16-21-25-15-20(29-21)23(2,3)4)26-14-18-8-10-19(11-9-18)17-28-12-6-7-13-28/h8-11,15H,5-7,12-14,16-17H2,1-4H3,(H2,24,26,27). The van der Waals surface area contributed by atoms with Crippen LogP contribution in [0.25, 0.3) is 0 Å². The number of guanidine groups is 1. The molecule has 1 saturated heterocycles. The van der Waals surface area contributed by atoms with Gasteiger partial charge in [-0.1, -0.05) is 45.0 Å². The molecule has 6 heteroatoms. The largest absolute Gasteiger partial charge is 0.443 e. The maximum absolute atomic E-state index is 5.85. The quantitative estimate of drug-likeness (QED) is 0.549. The fourth-order valence-corrected chi connectivity index (χ4v) is 3.36. The molecule has 0 unspecified atom stereocenters. The van der Waals surface area contributed by atoms with Crippen molar-refractivity contribution in [2.75, 3.05) is 19.6 Å². The zero-order chi connectivity index (χ0) is 20.7. The predicted octanol–water partition coefficient (Wildman–Crippen LogP) is 3.82. The summed E-state index contributed by atoms with van der Waals surface area (Å²) in [5.74, 6) is 2.33. The maximum Gasteiger partial charge on any atom is 0.213 e. The van der Waals surface area contributed by atoms with Gasteiger partial charge in [-0.25, -0.2) is 9.98 Å². The average molecular weight is 398 g/mol. The second-order valence-electron chi connectivity index (χ2n) is 8.72. The summed E-state index contributed by atoms with van der Waals surface area (Å²) in [6.45, 7) is 13.9. The highest BCUT2D eigenvalue weighted by Crippen LogP contribution is 2.22. The van der Waals surface area contributed by atoms with Crippen LogP contribution in [0.3, 0.4) is 0 Å². The lowest BCUT2D eigenvalue weighted by Gasteiger charge is -2.14. The molecule has 1 aliphatic heterocycles. The Morgan fingerprint density at radius 1 is 1.10 bits per heavy atom. The number of aliphatic imine (C=N–C) groups is 1. The molecule has 2 N–H and O–H groups in total. The van der Waals surface area contributed by atoms with Crippen molar-refractivity contribution < 1.29 is 4.42 Å². The molecule has 0 bridgehead atoms. The van der Waals surface area contributed by atoms with Crippen LogP contribution in [-0.2, 0) is 25.0 Å². The van der Waals surface area contributed by atoms with E-state index >= 15 is 0 Å². The third-order valence-electron chi connectivity index (χ3n) is 5.09.